The van der Waals surface area contributed by atoms with Gasteiger partial charge in [0.2, 0.25) is 0 Å². The summed E-state index contributed by atoms with van der Waals surface area (Å²) in [6.45, 7) is 5.98. The maximum Gasteiger partial charge on any atom is 0.126 e. The van der Waals surface area contributed by atoms with Crippen molar-refractivity contribution in [3.63, 3.8) is 0 Å². The number of halogens is 1. The quantitative estimate of drug-likeness (QED) is 0.920. The molecule has 0 bridgehead atoms. The zero-order chi connectivity index (χ0) is 15.5. The van der Waals surface area contributed by atoms with Crippen molar-refractivity contribution in [1.29, 1.82) is 0 Å². The summed E-state index contributed by atoms with van der Waals surface area (Å²) >= 11 is 6.19. The molecule has 2 aromatic heterocycles. The fraction of sp³-hybridized carbons (Fsp3) is 0.500. The molecule has 1 aliphatic heterocycles. The minimum Gasteiger partial charge on any atom is -0.370 e. The number of hydrogen-bond donors (Lipinski definition) is 1. The van der Waals surface area contributed by atoms with Gasteiger partial charge in [0.05, 0.1) is 10.7 Å². The Bertz CT molecular complexity index is 639. The predicted octanol–water partition coefficient (Wildman–Crippen LogP) is 2.71. The Morgan fingerprint density at radius 1 is 1.41 bits per heavy atom. The summed E-state index contributed by atoms with van der Waals surface area (Å²) in [5.74, 6) is 1.61. The predicted molar refractivity (Wildman–Crippen MR) is 89.1 cm³/mol. The molecular formula is C16H22ClN5. The maximum atomic E-state index is 6.19. The monoisotopic (exact) mass is 319 g/mol. The van der Waals surface area contributed by atoms with Gasteiger partial charge in [-0.15, -0.1) is 0 Å². The molecule has 1 aliphatic rings. The number of aromatic nitrogens is 3. The first-order valence-corrected chi connectivity index (χ1v) is 8.06. The van der Waals surface area contributed by atoms with Crippen LogP contribution in [0.3, 0.4) is 0 Å². The minimum atomic E-state index is 0.643. The molecule has 0 amide bonds. The zero-order valence-corrected chi connectivity index (χ0v) is 13.8. The van der Waals surface area contributed by atoms with Crippen molar-refractivity contribution in [2.24, 2.45) is 13.0 Å². The molecule has 6 heteroatoms. The van der Waals surface area contributed by atoms with E-state index >= 15 is 0 Å². The first-order valence-electron chi connectivity index (χ1n) is 7.68. The van der Waals surface area contributed by atoms with Gasteiger partial charge >= 0.3 is 0 Å². The summed E-state index contributed by atoms with van der Waals surface area (Å²) in [5, 5.41) is 8.62. The van der Waals surface area contributed by atoms with Crippen LogP contribution in [-0.4, -0.2) is 39.3 Å². The lowest BCUT2D eigenvalue weighted by molar-refractivity contribution is 0.314. The van der Waals surface area contributed by atoms with Crippen molar-refractivity contribution in [1.82, 2.24) is 19.7 Å². The molecule has 0 aromatic carbocycles. The summed E-state index contributed by atoms with van der Waals surface area (Å²) in [6.07, 6.45) is 3.05. The second-order valence-corrected chi connectivity index (χ2v) is 6.44. The summed E-state index contributed by atoms with van der Waals surface area (Å²) in [4.78, 5) is 6.90. The normalized spacial score (nSPS) is 18.8. The Kier molecular flexibility index (Phi) is 4.64. The molecule has 0 spiro atoms. The molecule has 0 radical (unpaired) electrons. The number of anilines is 1. The van der Waals surface area contributed by atoms with Crippen molar-refractivity contribution < 1.29 is 0 Å². The van der Waals surface area contributed by atoms with Crippen molar-refractivity contribution in [3.05, 3.63) is 40.8 Å². The first kappa shape index (κ1) is 15.3. The minimum absolute atomic E-state index is 0.643. The Balaban J connectivity index is 1.49. The summed E-state index contributed by atoms with van der Waals surface area (Å²) in [6, 6.07) is 6.07. The highest BCUT2D eigenvalue weighted by molar-refractivity contribution is 6.31. The van der Waals surface area contributed by atoms with E-state index in [1.54, 1.807) is 4.68 Å². The van der Waals surface area contributed by atoms with E-state index in [1.165, 1.54) is 6.42 Å². The summed E-state index contributed by atoms with van der Waals surface area (Å²) < 4.78 is 1.77. The molecule has 0 saturated carbocycles. The molecule has 1 atom stereocenters. The largest absolute Gasteiger partial charge is 0.370 e. The lowest BCUT2D eigenvalue weighted by Gasteiger charge is -2.15. The molecule has 0 aliphatic carbocycles. The molecule has 1 N–H and O–H groups in total. The molecular weight excluding hydrogens is 298 g/mol. The Morgan fingerprint density at radius 2 is 2.27 bits per heavy atom. The third kappa shape index (κ3) is 3.78. The smallest absolute Gasteiger partial charge is 0.126 e. The molecule has 5 nitrogen and oxygen atoms in total. The van der Waals surface area contributed by atoms with E-state index in [9.17, 15) is 0 Å². The van der Waals surface area contributed by atoms with Crippen LogP contribution in [0.15, 0.2) is 24.4 Å². The van der Waals surface area contributed by atoms with Gasteiger partial charge in [0.25, 0.3) is 0 Å². The fourth-order valence-corrected chi connectivity index (χ4v) is 3.18. The van der Waals surface area contributed by atoms with Crippen LogP contribution in [0.25, 0.3) is 0 Å². The van der Waals surface area contributed by atoms with Gasteiger partial charge in [-0.2, -0.15) is 5.10 Å². The highest BCUT2D eigenvalue weighted by Gasteiger charge is 2.23. The van der Waals surface area contributed by atoms with E-state index in [0.29, 0.717) is 5.92 Å². The average Bonchev–Trinajstić information content (AvgIpc) is 3.04. The third-order valence-electron chi connectivity index (χ3n) is 4.06. The molecule has 118 valence electrons. The van der Waals surface area contributed by atoms with Gasteiger partial charge in [0, 0.05) is 38.6 Å². The Hall–Kier alpha value is -1.59. The fourth-order valence-electron chi connectivity index (χ4n) is 2.94. The number of likely N-dealkylation sites (tertiary alicyclic amines) is 1. The van der Waals surface area contributed by atoms with Crippen LogP contribution in [0.1, 0.15) is 17.8 Å². The van der Waals surface area contributed by atoms with Gasteiger partial charge in [-0.3, -0.25) is 9.58 Å². The molecule has 22 heavy (non-hydrogen) atoms. The number of pyridine rings is 1. The van der Waals surface area contributed by atoms with E-state index < -0.39 is 0 Å². The van der Waals surface area contributed by atoms with Gasteiger partial charge in [-0.05, 0) is 37.9 Å². The number of nitrogens with zero attached hydrogens (tertiary/aromatic N) is 4. The first-order chi connectivity index (χ1) is 10.6. The third-order valence-corrected chi connectivity index (χ3v) is 4.37. The molecule has 3 rings (SSSR count). The van der Waals surface area contributed by atoms with Crippen molar-refractivity contribution >= 4 is 17.4 Å². The second kappa shape index (κ2) is 6.67. The van der Waals surface area contributed by atoms with Crippen molar-refractivity contribution in [2.75, 3.05) is 25.0 Å². The van der Waals surface area contributed by atoms with Crippen molar-refractivity contribution in [2.45, 2.75) is 19.9 Å². The highest BCUT2D eigenvalue weighted by Crippen LogP contribution is 2.21. The van der Waals surface area contributed by atoms with Crippen LogP contribution < -0.4 is 5.32 Å². The second-order valence-electron chi connectivity index (χ2n) is 6.03. The van der Waals surface area contributed by atoms with Gasteiger partial charge in [0.1, 0.15) is 5.82 Å². The highest BCUT2D eigenvalue weighted by atomic mass is 35.5. The Morgan fingerprint density at radius 3 is 3.00 bits per heavy atom. The van der Waals surface area contributed by atoms with E-state index in [0.717, 1.165) is 48.4 Å². The summed E-state index contributed by atoms with van der Waals surface area (Å²) in [5.41, 5.74) is 2.01. The number of nitrogens with one attached hydrogen (secondary N) is 1. The maximum absolute atomic E-state index is 6.19. The van der Waals surface area contributed by atoms with E-state index in [4.69, 9.17) is 11.6 Å². The van der Waals surface area contributed by atoms with Crippen LogP contribution in [0.2, 0.25) is 5.02 Å². The van der Waals surface area contributed by atoms with Gasteiger partial charge in [-0.25, -0.2) is 4.98 Å². The number of rotatable bonds is 5. The molecule has 1 unspecified atom stereocenters. The van der Waals surface area contributed by atoms with Gasteiger partial charge in [-0.1, -0.05) is 17.7 Å². The van der Waals surface area contributed by atoms with Crippen molar-refractivity contribution in [3.8, 4) is 0 Å². The number of hydrogen-bond acceptors (Lipinski definition) is 4. The van der Waals surface area contributed by atoms with Gasteiger partial charge < -0.3 is 5.32 Å². The Labute approximate surface area is 136 Å². The van der Waals surface area contributed by atoms with E-state index in [1.807, 2.05) is 38.4 Å². The van der Waals surface area contributed by atoms with Crippen LogP contribution in [0.4, 0.5) is 5.82 Å². The van der Waals surface area contributed by atoms with Crippen LogP contribution >= 0.6 is 11.6 Å². The molecule has 1 fully saturated rings. The molecule has 3 heterocycles. The lowest BCUT2D eigenvalue weighted by Crippen LogP contribution is -2.23. The van der Waals surface area contributed by atoms with E-state index in [2.05, 4.69) is 20.3 Å². The topological polar surface area (TPSA) is 46.0 Å². The zero-order valence-electron chi connectivity index (χ0n) is 13.1. The lowest BCUT2D eigenvalue weighted by atomic mass is 10.1. The molecule has 1 saturated heterocycles. The average molecular weight is 320 g/mol. The molecule has 2 aromatic rings. The summed E-state index contributed by atoms with van der Waals surface area (Å²) in [7, 11) is 1.90. The van der Waals surface area contributed by atoms with Gasteiger partial charge in [0.15, 0.2) is 0 Å². The van der Waals surface area contributed by atoms with Crippen LogP contribution in [-0.2, 0) is 13.6 Å². The number of aryl methyl sites for hydroxylation is 2. The van der Waals surface area contributed by atoms with Crippen LogP contribution in [0.5, 0.6) is 0 Å². The standard InChI is InChI=1S/C16H22ClN5/c1-12-4-3-5-16(19-12)18-8-13-6-7-22(9-13)11-15-14(17)10-21(2)20-15/h3-5,10,13H,6-9,11H2,1-2H3,(H,18,19). The van der Waals surface area contributed by atoms with E-state index in [-0.39, 0.29) is 0 Å². The van der Waals surface area contributed by atoms with Crippen LogP contribution in [0, 0.1) is 12.8 Å². The SMILES string of the molecule is Cc1cccc(NCC2CCN(Cc3nn(C)cc3Cl)C2)n1.